The second-order valence-corrected chi connectivity index (χ2v) is 11.7. The van der Waals surface area contributed by atoms with Crippen LogP contribution in [0.2, 0.25) is 0 Å². The second-order valence-electron chi connectivity index (χ2n) is 9.99. The predicted molar refractivity (Wildman–Crippen MR) is 152 cm³/mol. The number of carbonyl (C=O) groups is 2. The molecule has 0 saturated carbocycles. The van der Waals surface area contributed by atoms with E-state index in [9.17, 15) is 24.3 Å². The molecule has 1 N–H and O–H groups in total. The van der Waals surface area contributed by atoms with E-state index in [1.54, 1.807) is 69.3 Å². The van der Waals surface area contributed by atoms with Crippen molar-refractivity contribution in [2.24, 2.45) is 0 Å². The Morgan fingerprint density at radius 3 is 1.79 bits per heavy atom. The van der Waals surface area contributed by atoms with Crippen LogP contribution >= 0.6 is 7.82 Å². The quantitative estimate of drug-likeness (QED) is 0.0995. The van der Waals surface area contributed by atoms with Gasteiger partial charge in [0.15, 0.2) is 6.04 Å². The molecule has 3 aromatic rings. The summed E-state index contributed by atoms with van der Waals surface area (Å²) in [5, 5.41) is 13.3. The number of nitro benzene ring substituents is 1. The molecule has 1 atom stereocenters. The van der Waals surface area contributed by atoms with E-state index in [4.69, 9.17) is 23.0 Å². The Labute approximate surface area is 243 Å². The van der Waals surface area contributed by atoms with Crippen molar-refractivity contribution in [1.29, 1.82) is 0 Å². The third-order valence-corrected chi connectivity index (χ3v) is 6.72. The van der Waals surface area contributed by atoms with Gasteiger partial charge in [-0.3, -0.25) is 23.7 Å². The van der Waals surface area contributed by atoms with E-state index in [0.717, 1.165) is 0 Å². The summed E-state index contributed by atoms with van der Waals surface area (Å²) in [6.07, 6.45) is -0.936. The van der Waals surface area contributed by atoms with E-state index in [-0.39, 0.29) is 25.5 Å². The molecule has 0 saturated heterocycles. The largest absolute Gasteiger partial charge is 0.475 e. The first kappa shape index (κ1) is 32.4. The van der Waals surface area contributed by atoms with Crippen molar-refractivity contribution >= 4 is 25.6 Å². The summed E-state index contributed by atoms with van der Waals surface area (Å²) in [5.41, 5.74) is 0.884. The van der Waals surface area contributed by atoms with Gasteiger partial charge in [0.1, 0.15) is 12.2 Å². The van der Waals surface area contributed by atoms with E-state index >= 15 is 0 Å². The van der Waals surface area contributed by atoms with Crippen LogP contribution in [-0.4, -0.2) is 35.2 Å². The van der Waals surface area contributed by atoms with Gasteiger partial charge in [0, 0.05) is 12.1 Å². The lowest BCUT2D eigenvalue weighted by Gasteiger charge is -2.24. The van der Waals surface area contributed by atoms with Crippen LogP contribution in [0.25, 0.3) is 0 Å². The van der Waals surface area contributed by atoms with E-state index in [0.29, 0.717) is 16.7 Å². The van der Waals surface area contributed by atoms with Gasteiger partial charge in [-0.2, -0.15) is 0 Å². The molecule has 3 aromatic carbocycles. The highest BCUT2D eigenvalue weighted by molar-refractivity contribution is 7.48. The fourth-order valence-electron chi connectivity index (χ4n) is 3.32. The van der Waals surface area contributed by atoms with Crippen molar-refractivity contribution < 1.29 is 42.1 Å². The summed E-state index contributed by atoms with van der Waals surface area (Å²) in [4.78, 5) is 35.9. The molecule has 0 aliphatic carbocycles. The minimum Gasteiger partial charge on any atom is -0.459 e. The number of benzene rings is 3. The molecule has 0 spiro atoms. The maximum Gasteiger partial charge on any atom is 0.475 e. The molecule has 13 heteroatoms. The predicted octanol–water partition coefficient (Wildman–Crippen LogP) is 6.09. The van der Waals surface area contributed by atoms with Crippen molar-refractivity contribution in [1.82, 2.24) is 5.32 Å². The Morgan fingerprint density at radius 1 is 0.810 bits per heavy atom. The number of hydrogen-bond donors (Lipinski definition) is 1. The maximum absolute atomic E-state index is 13.6. The zero-order valence-corrected chi connectivity index (χ0v) is 24.4. The van der Waals surface area contributed by atoms with E-state index in [1.807, 2.05) is 12.1 Å². The molecule has 224 valence electrons. The molecule has 0 aliphatic heterocycles. The molecule has 0 aromatic heterocycles. The monoisotopic (exact) mass is 600 g/mol. The summed E-state index contributed by atoms with van der Waals surface area (Å²) in [7, 11) is -4.28. The number of amides is 1. The smallest absolute Gasteiger partial charge is 0.459 e. The average molecular weight is 601 g/mol. The fraction of sp³-hybridized carbons (Fsp3) is 0.310. The molecule has 1 amide bonds. The minimum atomic E-state index is -4.28. The molecule has 0 bridgehead atoms. The molecule has 0 unspecified atom stereocenters. The molecule has 0 fully saturated rings. The molecule has 0 radical (unpaired) electrons. The number of hydrogen-bond acceptors (Lipinski definition) is 10. The third-order valence-electron chi connectivity index (χ3n) is 5.37. The second kappa shape index (κ2) is 15.2. The number of phosphoric acid groups is 1. The van der Waals surface area contributed by atoms with Crippen LogP contribution in [0.15, 0.2) is 84.9 Å². The van der Waals surface area contributed by atoms with Gasteiger partial charge in [-0.25, -0.2) is 14.2 Å². The highest BCUT2D eigenvalue weighted by atomic mass is 31.2. The van der Waals surface area contributed by atoms with Crippen LogP contribution in [0.1, 0.15) is 37.5 Å². The molecule has 12 nitrogen and oxygen atoms in total. The van der Waals surface area contributed by atoms with Crippen molar-refractivity contribution in [2.45, 2.75) is 52.2 Å². The van der Waals surface area contributed by atoms with Gasteiger partial charge < -0.3 is 14.8 Å². The topological polar surface area (TPSA) is 153 Å². The highest BCUT2D eigenvalue weighted by Crippen LogP contribution is 2.51. The first-order chi connectivity index (χ1) is 19.9. The van der Waals surface area contributed by atoms with E-state index in [2.05, 4.69) is 5.32 Å². The average Bonchev–Trinajstić information content (AvgIpc) is 2.96. The fourth-order valence-corrected chi connectivity index (χ4v) is 4.49. The zero-order valence-electron chi connectivity index (χ0n) is 23.5. The van der Waals surface area contributed by atoms with Crippen molar-refractivity contribution in [3.63, 3.8) is 0 Å². The normalized spacial score (nSPS) is 12.3. The number of nitrogens with one attached hydrogen (secondary N) is 1. The number of carbonyl (C=O) groups excluding carboxylic acids is 2. The number of esters is 1. The van der Waals surface area contributed by atoms with Crippen LogP contribution in [0, 0.1) is 10.1 Å². The van der Waals surface area contributed by atoms with Gasteiger partial charge in [-0.05, 0) is 49.6 Å². The van der Waals surface area contributed by atoms with Crippen LogP contribution in [0.5, 0.6) is 0 Å². The lowest BCUT2D eigenvalue weighted by Crippen LogP contribution is -2.46. The molecule has 3 rings (SSSR count). The number of nitrogens with zero attached hydrogens (tertiary/aromatic N) is 1. The molecule has 0 heterocycles. The first-order valence-corrected chi connectivity index (χ1v) is 14.4. The Bertz CT molecular complexity index is 1320. The summed E-state index contributed by atoms with van der Waals surface area (Å²) in [6, 6.07) is 21.8. The number of non-ortho nitro benzene ring substituents is 1. The lowest BCUT2D eigenvalue weighted by atomic mass is 10.2. The van der Waals surface area contributed by atoms with Crippen molar-refractivity contribution in [3.8, 4) is 0 Å². The van der Waals surface area contributed by atoms with Crippen LogP contribution in [0.3, 0.4) is 0 Å². The van der Waals surface area contributed by atoms with E-state index in [1.165, 1.54) is 24.3 Å². The lowest BCUT2D eigenvalue weighted by molar-refractivity contribution is -0.384. The number of phosphoric ester groups is 1. The van der Waals surface area contributed by atoms with Crippen LogP contribution in [-0.2, 0) is 52.2 Å². The number of nitro groups is 1. The number of ether oxygens (including phenoxy) is 2. The van der Waals surface area contributed by atoms with Gasteiger partial charge >= 0.3 is 19.9 Å². The summed E-state index contributed by atoms with van der Waals surface area (Å²) < 4.78 is 40.9. The molecular weight excluding hydrogens is 567 g/mol. The summed E-state index contributed by atoms with van der Waals surface area (Å²) in [5.74, 6) is -0.933. The van der Waals surface area contributed by atoms with Crippen molar-refractivity contribution in [2.75, 3.05) is 6.61 Å². The first-order valence-electron chi connectivity index (χ1n) is 12.9. The number of rotatable bonds is 14. The Balaban J connectivity index is 1.73. The molecular formula is C29H33N2O10P. The highest BCUT2D eigenvalue weighted by Gasteiger charge is 2.33. The van der Waals surface area contributed by atoms with Gasteiger partial charge in [-0.15, -0.1) is 0 Å². The Hall–Kier alpha value is -4.09. The van der Waals surface area contributed by atoms with Gasteiger partial charge in [0.05, 0.1) is 24.7 Å². The Kier molecular flexibility index (Phi) is 11.8. The number of alkyl carbamates (subject to hydrolysis) is 1. The van der Waals surface area contributed by atoms with E-state index < -0.39 is 43.1 Å². The summed E-state index contributed by atoms with van der Waals surface area (Å²) in [6.45, 7) is 3.83. The van der Waals surface area contributed by atoms with Crippen molar-refractivity contribution in [3.05, 3.63) is 112 Å². The van der Waals surface area contributed by atoms with Crippen LogP contribution < -0.4 is 5.32 Å². The Morgan fingerprint density at radius 2 is 1.31 bits per heavy atom. The third kappa shape index (κ3) is 11.4. The SMILES string of the molecule is CC(C)(C)OC(=O)N[C@@H](COP(=O)(OCc1ccccc1)OCc1ccccc1)C(=O)OCc1ccc([N+](=O)[O-])cc1. The molecule has 42 heavy (non-hydrogen) atoms. The zero-order chi connectivity index (χ0) is 30.6. The minimum absolute atomic E-state index is 0.109. The summed E-state index contributed by atoms with van der Waals surface area (Å²) >= 11 is 0. The van der Waals surface area contributed by atoms with Gasteiger partial charge in [0.2, 0.25) is 0 Å². The van der Waals surface area contributed by atoms with Gasteiger partial charge in [0.25, 0.3) is 5.69 Å². The maximum atomic E-state index is 13.6. The van der Waals surface area contributed by atoms with Crippen LogP contribution in [0.4, 0.5) is 10.5 Å². The standard InChI is InChI=1S/C29H33N2O10P/c1-29(2,3)41-28(33)30-26(27(32)37-18-24-14-16-25(17-15-24)31(34)35)21-40-42(36,38-19-22-10-6-4-7-11-22)39-20-23-12-8-5-9-13-23/h4-17,26H,18-21H2,1-3H3,(H,30,33)/t26-/m0/s1. The van der Waals surface area contributed by atoms with Gasteiger partial charge in [-0.1, -0.05) is 60.7 Å². The molecule has 0 aliphatic rings.